The van der Waals surface area contributed by atoms with Crippen LogP contribution in [0.2, 0.25) is 0 Å². The summed E-state index contributed by atoms with van der Waals surface area (Å²) in [4.78, 5) is 0. The lowest BCUT2D eigenvalue weighted by Gasteiger charge is -2.27. The van der Waals surface area contributed by atoms with Crippen LogP contribution in [0.5, 0.6) is 0 Å². The Hall–Kier alpha value is 0.130. The maximum absolute atomic E-state index is 8.61. The zero-order valence-electron chi connectivity index (χ0n) is 6.23. The quantitative estimate of drug-likeness (QED) is 0.585. The average Bonchev–Trinajstić information content (AvgIpc) is 2.05. The van der Waals surface area contributed by atoms with E-state index in [2.05, 4.69) is 0 Å². The van der Waals surface area contributed by atoms with Crippen molar-refractivity contribution in [3.8, 4) is 0 Å². The first-order chi connectivity index (χ1) is 4.86. The molecule has 0 amide bonds. The molecule has 0 aromatic heterocycles. The summed E-state index contributed by atoms with van der Waals surface area (Å²) in [7, 11) is 0. The second-order valence-electron chi connectivity index (χ2n) is 2.33. The normalized spacial score (nSPS) is 31.1. The molecule has 0 aromatic carbocycles. The predicted molar refractivity (Wildman–Crippen MR) is 42.9 cm³/mol. The first kappa shape index (κ1) is 11.1. The highest BCUT2D eigenvalue weighted by atomic mass is 35.5. The summed E-state index contributed by atoms with van der Waals surface area (Å²) in [5.74, 6) is 0. The van der Waals surface area contributed by atoms with Crippen LogP contribution >= 0.6 is 12.4 Å². The molecule has 1 heterocycles. The molecular formula is C6H14ClNO3. The molecule has 0 bridgehead atoms. The van der Waals surface area contributed by atoms with Gasteiger partial charge in [-0.3, -0.25) is 0 Å². The van der Waals surface area contributed by atoms with Gasteiger partial charge in [0, 0.05) is 6.54 Å². The van der Waals surface area contributed by atoms with Gasteiger partial charge in [-0.05, 0) is 0 Å². The lowest BCUT2D eigenvalue weighted by Crippen LogP contribution is -2.41. The number of aliphatic hydroxyl groups is 1. The van der Waals surface area contributed by atoms with E-state index in [-0.39, 0.29) is 31.2 Å². The third-order valence-corrected chi connectivity index (χ3v) is 1.50. The molecule has 0 unspecified atom stereocenters. The number of ether oxygens (including phenoxy) is 2. The Morgan fingerprint density at radius 1 is 1.27 bits per heavy atom. The lowest BCUT2D eigenvalue weighted by atomic mass is 10.3. The third kappa shape index (κ3) is 3.35. The molecule has 0 aromatic rings. The fraction of sp³-hybridized carbons (Fsp3) is 1.00. The van der Waals surface area contributed by atoms with E-state index in [1.165, 1.54) is 0 Å². The van der Waals surface area contributed by atoms with E-state index in [0.29, 0.717) is 19.8 Å². The van der Waals surface area contributed by atoms with Gasteiger partial charge in [-0.1, -0.05) is 0 Å². The van der Waals surface area contributed by atoms with Crippen LogP contribution in [0, 0.1) is 0 Å². The van der Waals surface area contributed by atoms with Crippen LogP contribution in [0.4, 0.5) is 0 Å². The molecule has 0 spiro atoms. The molecule has 1 saturated heterocycles. The van der Waals surface area contributed by atoms with Gasteiger partial charge < -0.3 is 20.3 Å². The second kappa shape index (κ2) is 5.74. The number of rotatable bonds is 2. The Bertz CT molecular complexity index is 83.8. The molecule has 1 aliphatic rings. The van der Waals surface area contributed by atoms with E-state index >= 15 is 0 Å². The molecule has 1 aliphatic heterocycles. The van der Waals surface area contributed by atoms with Gasteiger partial charge in [-0.2, -0.15) is 0 Å². The van der Waals surface area contributed by atoms with Crippen LogP contribution < -0.4 is 5.73 Å². The second-order valence-corrected chi connectivity index (χ2v) is 2.33. The Labute approximate surface area is 72.1 Å². The highest BCUT2D eigenvalue weighted by Crippen LogP contribution is 2.04. The van der Waals surface area contributed by atoms with Gasteiger partial charge in [0.2, 0.25) is 0 Å². The van der Waals surface area contributed by atoms with Gasteiger partial charge in [-0.25, -0.2) is 0 Å². The summed E-state index contributed by atoms with van der Waals surface area (Å²) in [5, 5.41) is 8.61. The Balaban J connectivity index is 0.000001000. The topological polar surface area (TPSA) is 64.7 Å². The molecule has 2 atom stereocenters. The van der Waals surface area contributed by atoms with Crippen molar-refractivity contribution in [1.29, 1.82) is 0 Å². The molecule has 68 valence electrons. The van der Waals surface area contributed by atoms with Crippen molar-refractivity contribution in [3.05, 3.63) is 0 Å². The summed E-state index contributed by atoms with van der Waals surface area (Å²) in [6.45, 7) is 1.47. The number of nitrogens with two attached hydrogens (primary N) is 1. The van der Waals surface area contributed by atoms with Crippen molar-refractivity contribution in [2.75, 3.05) is 26.4 Å². The summed E-state index contributed by atoms with van der Waals surface area (Å²) < 4.78 is 10.4. The van der Waals surface area contributed by atoms with E-state index in [4.69, 9.17) is 20.3 Å². The average molecular weight is 184 g/mol. The fourth-order valence-corrected chi connectivity index (χ4v) is 0.825. The summed E-state index contributed by atoms with van der Waals surface area (Å²) in [5.41, 5.74) is 5.32. The van der Waals surface area contributed by atoms with E-state index in [0.717, 1.165) is 0 Å². The van der Waals surface area contributed by atoms with Crippen molar-refractivity contribution in [2.45, 2.75) is 12.2 Å². The molecule has 4 nitrogen and oxygen atoms in total. The maximum atomic E-state index is 8.61. The smallest absolute Gasteiger partial charge is 0.104 e. The van der Waals surface area contributed by atoms with Crippen molar-refractivity contribution in [3.63, 3.8) is 0 Å². The monoisotopic (exact) mass is 183 g/mol. The first-order valence-corrected chi connectivity index (χ1v) is 3.41. The van der Waals surface area contributed by atoms with Gasteiger partial charge >= 0.3 is 0 Å². The predicted octanol–water partition coefficient (Wildman–Crippen LogP) is -0.857. The fourth-order valence-electron chi connectivity index (χ4n) is 0.825. The van der Waals surface area contributed by atoms with Crippen LogP contribution in [0.25, 0.3) is 0 Å². The molecule has 3 N–H and O–H groups in total. The minimum absolute atomic E-state index is 0. The van der Waals surface area contributed by atoms with Gasteiger partial charge in [0.05, 0.1) is 25.9 Å². The van der Waals surface area contributed by atoms with Crippen LogP contribution in [0.3, 0.4) is 0 Å². The van der Waals surface area contributed by atoms with E-state index in [9.17, 15) is 0 Å². The Kier molecular flexibility index (Phi) is 5.81. The number of aliphatic hydroxyl groups excluding tert-OH is 1. The molecule has 0 radical (unpaired) electrons. The number of hydrogen-bond acceptors (Lipinski definition) is 4. The largest absolute Gasteiger partial charge is 0.394 e. The molecular weight excluding hydrogens is 170 g/mol. The number of hydrogen-bond donors (Lipinski definition) is 2. The first-order valence-electron chi connectivity index (χ1n) is 3.41. The minimum atomic E-state index is -0.150. The zero-order chi connectivity index (χ0) is 7.40. The summed E-state index contributed by atoms with van der Waals surface area (Å²) in [6.07, 6.45) is -0.134. The SMILES string of the molecule is Cl.NC[C@@H]1CO[C@@H](CO)CO1. The standard InChI is InChI=1S/C6H13NO3.ClH/c7-1-5-3-10-6(2-8)4-9-5;/h5-6,8H,1-4,7H2;1H/t5-,6+;/m1./s1. The van der Waals surface area contributed by atoms with Crippen molar-refractivity contribution in [2.24, 2.45) is 5.73 Å². The van der Waals surface area contributed by atoms with E-state index < -0.39 is 0 Å². The van der Waals surface area contributed by atoms with Crippen LogP contribution in [0.1, 0.15) is 0 Å². The van der Waals surface area contributed by atoms with Crippen LogP contribution in [-0.2, 0) is 9.47 Å². The molecule has 0 saturated carbocycles. The van der Waals surface area contributed by atoms with Gasteiger partial charge in [0.1, 0.15) is 6.10 Å². The highest BCUT2D eigenvalue weighted by molar-refractivity contribution is 5.85. The van der Waals surface area contributed by atoms with Gasteiger partial charge in [0.15, 0.2) is 0 Å². The molecule has 1 fully saturated rings. The van der Waals surface area contributed by atoms with Crippen molar-refractivity contribution >= 4 is 12.4 Å². The van der Waals surface area contributed by atoms with Crippen LogP contribution in [0.15, 0.2) is 0 Å². The summed E-state index contributed by atoms with van der Waals surface area (Å²) in [6, 6.07) is 0. The number of halogens is 1. The lowest BCUT2D eigenvalue weighted by molar-refractivity contribution is -0.141. The Morgan fingerprint density at radius 2 is 1.82 bits per heavy atom. The van der Waals surface area contributed by atoms with Gasteiger partial charge in [0.25, 0.3) is 0 Å². The minimum Gasteiger partial charge on any atom is -0.394 e. The zero-order valence-corrected chi connectivity index (χ0v) is 7.05. The van der Waals surface area contributed by atoms with Crippen LogP contribution in [-0.4, -0.2) is 43.7 Å². The van der Waals surface area contributed by atoms with E-state index in [1.807, 2.05) is 0 Å². The molecule has 11 heavy (non-hydrogen) atoms. The Morgan fingerprint density at radius 3 is 2.18 bits per heavy atom. The molecule has 1 rings (SSSR count). The highest BCUT2D eigenvalue weighted by Gasteiger charge is 2.19. The van der Waals surface area contributed by atoms with Crippen molar-refractivity contribution < 1.29 is 14.6 Å². The third-order valence-electron chi connectivity index (χ3n) is 1.50. The molecule has 5 heteroatoms. The molecule has 0 aliphatic carbocycles. The maximum Gasteiger partial charge on any atom is 0.104 e. The van der Waals surface area contributed by atoms with E-state index in [1.54, 1.807) is 0 Å². The van der Waals surface area contributed by atoms with Crippen molar-refractivity contribution in [1.82, 2.24) is 0 Å². The summed E-state index contributed by atoms with van der Waals surface area (Å²) >= 11 is 0. The van der Waals surface area contributed by atoms with Gasteiger partial charge in [-0.15, -0.1) is 12.4 Å².